The van der Waals surface area contributed by atoms with Crippen molar-refractivity contribution in [3.63, 3.8) is 0 Å². The normalized spacial score (nSPS) is 13.6. The standard InChI is InChI=1S/C30H28ClN3O2S/c1-22-25(20-28(23-10-4-2-5-11-23)34(22)27-15-9-8-14-26(27)31)30(36)33-18-16-32(17-19-33)29(35)21-37-24-12-6-3-7-13-24/h2-15,20H,16-19,21H2,1H3. The number of rotatable bonds is 6. The fourth-order valence-electron chi connectivity index (χ4n) is 4.67. The highest BCUT2D eigenvalue weighted by Gasteiger charge is 2.28. The van der Waals surface area contributed by atoms with E-state index in [2.05, 4.69) is 4.57 Å². The summed E-state index contributed by atoms with van der Waals surface area (Å²) in [6, 6.07) is 29.6. The van der Waals surface area contributed by atoms with Crippen LogP contribution in [0.15, 0.2) is 95.9 Å². The Labute approximate surface area is 226 Å². The molecule has 2 heterocycles. The van der Waals surface area contributed by atoms with Gasteiger partial charge < -0.3 is 14.4 Å². The van der Waals surface area contributed by atoms with Crippen molar-refractivity contribution in [2.24, 2.45) is 0 Å². The molecule has 7 heteroatoms. The van der Waals surface area contributed by atoms with E-state index in [0.717, 1.165) is 27.5 Å². The third-order valence-corrected chi connectivity index (χ3v) is 7.98. The van der Waals surface area contributed by atoms with Gasteiger partial charge in [-0.1, -0.05) is 72.3 Å². The van der Waals surface area contributed by atoms with Gasteiger partial charge in [0, 0.05) is 36.8 Å². The molecule has 5 rings (SSSR count). The molecule has 0 aliphatic carbocycles. The van der Waals surface area contributed by atoms with Gasteiger partial charge in [0.05, 0.1) is 27.7 Å². The van der Waals surface area contributed by atoms with E-state index in [-0.39, 0.29) is 11.8 Å². The molecule has 1 fully saturated rings. The minimum atomic E-state index is -0.0220. The molecule has 188 valence electrons. The van der Waals surface area contributed by atoms with Crippen LogP contribution in [0.25, 0.3) is 16.9 Å². The number of hydrogen-bond donors (Lipinski definition) is 0. The van der Waals surface area contributed by atoms with Gasteiger partial charge in [0.25, 0.3) is 5.91 Å². The molecule has 37 heavy (non-hydrogen) atoms. The van der Waals surface area contributed by atoms with Crippen LogP contribution in [0.3, 0.4) is 0 Å². The summed E-state index contributed by atoms with van der Waals surface area (Å²) in [5.41, 5.74) is 4.26. The van der Waals surface area contributed by atoms with Crippen LogP contribution in [-0.2, 0) is 4.79 Å². The van der Waals surface area contributed by atoms with Gasteiger partial charge in [0.1, 0.15) is 0 Å². The van der Waals surface area contributed by atoms with Crippen LogP contribution in [0.2, 0.25) is 5.02 Å². The SMILES string of the molecule is Cc1c(C(=O)N2CCN(C(=O)CSc3ccccc3)CC2)cc(-c2ccccc2)n1-c1ccccc1Cl. The third kappa shape index (κ3) is 5.45. The molecule has 5 nitrogen and oxygen atoms in total. The molecule has 1 aliphatic rings. The van der Waals surface area contributed by atoms with Crippen molar-refractivity contribution in [1.29, 1.82) is 0 Å². The van der Waals surface area contributed by atoms with Crippen molar-refractivity contribution >= 4 is 35.2 Å². The molecule has 0 saturated carbocycles. The summed E-state index contributed by atoms with van der Waals surface area (Å²) >= 11 is 8.13. The molecule has 0 radical (unpaired) electrons. The van der Waals surface area contributed by atoms with Crippen LogP contribution in [0.5, 0.6) is 0 Å². The summed E-state index contributed by atoms with van der Waals surface area (Å²) in [6.45, 7) is 4.06. The van der Waals surface area contributed by atoms with Gasteiger partial charge >= 0.3 is 0 Å². The second-order valence-corrected chi connectivity index (χ2v) is 10.4. The highest BCUT2D eigenvalue weighted by Crippen LogP contribution is 2.33. The molecular weight excluding hydrogens is 502 g/mol. The molecule has 2 amide bonds. The maximum absolute atomic E-state index is 13.7. The maximum atomic E-state index is 13.7. The lowest BCUT2D eigenvalue weighted by Crippen LogP contribution is -2.51. The number of amides is 2. The minimum Gasteiger partial charge on any atom is -0.338 e. The Morgan fingerprint density at radius 1 is 0.811 bits per heavy atom. The number of para-hydroxylation sites is 1. The first-order valence-electron chi connectivity index (χ1n) is 12.3. The average Bonchev–Trinajstić information content (AvgIpc) is 3.29. The number of piperazine rings is 1. The second kappa shape index (κ2) is 11.3. The van der Waals surface area contributed by atoms with E-state index in [1.54, 1.807) is 11.8 Å². The number of hydrogen-bond acceptors (Lipinski definition) is 3. The summed E-state index contributed by atoms with van der Waals surface area (Å²) in [4.78, 5) is 31.2. The molecule has 0 atom stereocenters. The Kier molecular flexibility index (Phi) is 7.68. The first-order chi connectivity index (χ1) is 18.0. The third-order valence-electron chi connectivity index (χ3n) is 6.67. The van der Waals surface area contributed by atoms with Gasteiger partial charge in [-0.05, 0) is 42.8 Å². The topological polar surface area (TPSA) is 45.6 Å². The van der Waals surface area contributed by atoms with Gasteiger partial charge in [-0.2, -0.15) is 0 Å². The predicted molar refractivity (Wildman–Crippen MR) is 151 cm³/mol. The molecule has 0 N–H and O–H groups in total. The van der Waals surface area contributed by atoms with Gasteiger partial charge in [-0.25, -0.2) is 0 Å². The number of nitrogens with zero attached hydrogens (tertiary/aromatic N) is 3. The lowest BCUT2D eigenvalue weighted by atomic mass is 10.1. The fourth-order valence-corrected chi connectivity index (χ4v) is 5.71. The van der Waals surface area contributed by atoms with Gasteiger partial charge in [-0.15, -0.1) is 11.8 Å². The zero-order valence-corrected chi connectivity index (χ0v) is 22.2. The van der Waals surface area contributed by atoms with E-state index in [9.17, 15) is 9.59 Å². The van der Waals surface area contributed by atoms with Gasteiger partial charge in [-0.3, -0.25) is 9.59 Å². The zero-order chi connectivity index (χ0) is 25.8. The molecule has 0 spiro atoms. The van der Waals surface area contributed by atoms with Crippen molar-refractivity contribution in [3.05, 3.63) is 107 Å². The van der Waals surface area contributed by atoms with Crippen LogP contribution in [0.1, 0.15) is 16.1 Å². The van der Waals surface area contributed by atoms with Crippen molar-refractivity contribution < 1.29 is 9.59 Å². The van der Waals surface area contributed by atoms with Crippen LogP contribution in [-0.4, -0.2) is 58.1 Å². The van der Waals surface area contributed by atoms with Crippen LogP contribution in [0.4, 0.5) is 0 Å². The van der Waals surface area contributed by atoms with Crippen LogP contribution >= 0.6 is 23.4 Å². The second-order valence-electron chi connectivity index (χ2n) is 8.96. The van der Waals surface area contributed by atoms with E-state index in [0.29, 0.717) is 42.5 Å². The largest absolute Gasteiger partial charge is 0.338 e. The average molecular weight is 530 g/mol. The Balaban J connectivity index is 1.33. The Bertz CT molecular complexity index is 1400. The van der Waals surface area contributed by atoms with Crippen molar-refractivity contribution in [2.45, 2.75) is 11.8 Å². The highest BCUT2D eigenvalue weighted by molar-refractivity contribution is 8.00. The summed E-state index contributed by atoms with van der Waals surface area (Å²) < 4.78 is 2.06. The van der Waals surface area contributed by atoms with E-state index in [4.69, 9.17) is 11.6 Å². The molecule has 1 saturated heterocycles. The maximum Gasteiger partial charge on any atom is 0.255 e. The van der Waals surface area contributed by atoms with Crippen molar-refractivity contribution in [2.75, 3.05) is 31.9 Å². The Morgan fingerprint density at radius 3 is 2.08 bits per heavy atom. The molecule has 1 aromatic heterocycles. The van der Waals surface area contributed by atoms with E-state index in [1.165, 1.54) is 0 Å². The van der Waals surface area contributed by atoms with Crippen molar-refractivity contribution in [3.8, 4) is 16.9 Å². The number of carbonyl (C=O) groups is 2. The lowest BCUT2D eigenvalue weighted by Gasteiger charge is -2.34. The molecule has 3 aromatic carbocycles. The highest BCUT2D eigenvalue weighted by atomic mass is 35.5. The number of aromatic nitrogens is 1. The first kappa shape index (κ1) is 25.2. The Hall–Kier alpha value is -3.48. The molecule has 1 aliphatic heterocycles. The lowest BCUT2D eigenvalue weighted by molar-refractivity contribution is -0.129. The number of carbonyl (C=O) groups excluding carboxylic acids is 2. The predicted octanol–water partition coefficient (Wildman–Crippen LogP) is 6.18. The fraction of sp³-hybridized carbons (Fsp3) is 0.200. The van der Waals surface area contributed by atoms with Crippen LogP contribution in [0, 0.1) is 6.92 Å². The summed E-state index contributed by atoms with van der Waals surface area (Å²) in [7, 11) is 0. The first-order valence-corrected chi connectivity index (χ1v) is 13.7. The van der Waals surface area contributed by atoms with E-state index >= 15 is 0 Å². The smallest absolute Gasteiger partial charge is 0.255 e. The summed E-state index contributed by atoms with van der Waals surface area (Å²) in [6.07, 6.45) is 0. The van der Waals surface area contributed by atoms with E-state index < -0.39 is 0 Å². The quantitative estimate of drug-likeness (QED) is 0.280. The van der Waals surface area contributed by atoms with E-state index in [1.807, 2.05) is 108 Å². The summed E-state index contributed by atoms with van der Waals surface area (Å²) in [5.74, 6) is 0.484. The minimum absolute atomic E-state index is 0.0220. The summed E-state index contributed by atoms with van der Waals surface area (Å²) in [5, 5.41) is 0.623. The van der Waals surface area contributed by atoms with Crippen molar-refractivity contribution in [1.82, 2.24) is 14.4 Å². The number of benzene rings is 3. The van der Waals surface area contributed by atoms with Gasteiger partial charge in [0.2, 0.25) is 5.91 Å². The van der Waals surface area contributed by atoms with Crippen LogP contribution < -0.4 is 0 Å². The molecule has 0 unspecified atom stereocenters. The molecular formula is C30H28ClN3O2S. The monoisotopic (exact) mass is 529 g/mol. The number of thioether (sulfide) groups is 1. The molecule has 0 bridgehead atoms. The Morgan fingerprint density at radius 2 is 1.41 bits per heavy atom. The zero-order valence-electron chi connectivity index (χ0n) is 20.6. The van der Waals surface area contributed by atoms with Gasteiger partial charge in [0.15, 0.2) is 0 Å². The number of halogens is 1. The molecule has 4 aromatic rings.